The Hall–Kier alpha value is -1.42. The molecule has 2 atom stereocenters. The quantitative estimate of drug-likeness (QED) is 0.864. The summed E-state index contributed by atoms with van der Waals surface area (Å²) < 4.78 is 12.4. The van der Waals surface area contributed by atoms with Crippen LogP contribution in [0, 0.1) is 0 Å². The highest BCUT2D eigenvalue weighted by Crippen LogP contribution is 2.38. The Bertz CT molecular complexity index is 524. The van der Waals surface area contributed by atoms with Crippen LogP contribution in [-0.2, 0) is 0 Å². The summed E-state index contributed by atoms with van der Waals surface area (Å²) in [6.45, 7) is 2.08. The smallest absolute Gasteiger partial charge is 0.176 e. The number of fused-ring (bicyclic) bond motifs is 1. The van der Waals surface area contributed by atoms with Crippen molar-refractivity contribution in [3.05, 3.63) is 46.8 Å². The predicted molar refractivity (Wildman–Crippen MR) is 69.3 cm³/mol. The van der Waals surface area contributed by atoms with Crippen molar-refractivity contribution in [2.24, 2.45) is 0 Å². The molecule has 1 aliphatic heterocycles. The number of hydrogen-bond acceptors (Lipinski definition) is 3. The second kappa shape index (κ2) is 4.11. The van der Waals surface area contributed by atoms with Crippen molar-refractivity contribution in [3.63, 3.8) is 0 Å². The van der Waals surface area contributed by atoms with Crippen molar-refractivity contribution in [3.8, 4) is 5.75 Å². The Morgan fingerprint density at radius 1 is 1.29 bits per heavy atom. The molecule has 1 N–H and O–H groups in total. The lowest BCUT2D eigenvalue weighted by Crippen LogP contribution is -2.32. The third kappa shape index (κ3) is 1.93. The first-order valence-electron chi connectivity index (χ1n) is 5.50. The van der Waals surface area contributed by atoms with E-state index in [1.54, 1.807) is 6.26 Å². The number of rotatable bonds is 1. The Labute approximate surface area is 108 Å². The lowest BCUT2D eigenvalue weighted by Gasteiger charge is -2.31. The fourth-order valence-electron chi connectivity index (χ4n) is 2.04. The number of ether oxygens (including phenoxy) is 1. The molecule has 0 radical (unpaired) electrons. The Kier molecular flexibility index (Phi) is 2.59. The molecule has 88 valence electrons. The van der Waals surface area contributed by atoms with Crippen LogP contribution in [0.2, 0.25) is 0 Å². The van der Waals surface area contributed by atoms with Gasteiger partial charge in [0.1, 0.15) is 11.5 Å². The standard InChI is InChI=1S/C13H12BrNO2/c1-8-13(12-3-2-6-16-12)17-11-5-4-9(14)7-10(11)15-8/h2-8,13,15H,1H3. The minimum Gasteiger partial charge on any atom is -0.478 e. The van der Waals surface area contributed by atoms with Gasteiger partial charge in [-0.25, -0.2) is 0 Å². The maximum atomic E-state index is 5.97. The number of hydrogen-bond donors (Lipinski definition) is 1. The van der Waals surface area contributed by atoms with Gasteiger partial charge in [0.15, 0.2) is 6.10 Å². The molecule has 0 bridgehead atoms. The van der Waals surface area contributed by atoms with Crippen LogP contribution in [0.5, 0.6) is 5.75 Å². The first-order chi connectivity index (χ1) is 8.24. The predicted octanol–water partition coefficient (Wildman–Crippen LogP) is 3.98. The normalized spacial score (nSPS) is 22.5. The molecule has 0 amide bonds. The first-order valence-corrected chi connectivity index (χ1v) is 6.29. The molecule has 3 rings (SSSR count). The monoisotopic (exact) mass is 293 g/mol. The van der Waals surface area contributed by atoms with E-state index in [1.807, 2.05) is 30.3 Å². The van der Waals surface area contributed by atoms with Crippen LogP contribution in [-0.4, -0.2) is 6.04 Å². The average molecular weight is 294 g/mol. The minimum atomic E-state index is -0.0846. The van der Waals surface area contributed by atoms with Gasteiger partial charge < -0.3 is 14.5 Å². The van der Waals surface area contributed by atoms with Gasteiger partial charge in [0.25, 0.3) is 0 Å². The van der Waals surface area contributed by atoms with Gasteiger partial charge in [-0.1, -0.05) is 15.9 Å². The van der Waals surface area contributed by atoms with Crippen molar-refractivity contribution in [2.45, 2.75) is 19.1 Å². The van der Waals surface area contributed by atoms with E-state index in [4.69, 9.17) is 9.15 Å². The Morgan fingerprint density at radius 2 is 2.18 bits per heavy atom. The number of furan rings is 1. The van der Waals surface area contributed by atoms with Gasteiger partial charge >= 0.3 is 0 Å². The second-order valence-electron chi connectivity index (χ2n) is 4.13. The zero-order valence-electron chi connectivity index (χ0n) is 9.31. The van der Waals surface area contributed by atoms with Crippen LogP contribution < -0.4 is 10.1 Å². The molecule has 2 heterocycles. The molecule has 0 saturated heterocycles. The van der Waals surface area contributed by atoms with Gasteiger partial charge in [-0.3, -0.25) is 0 Å². The second-order valence-corrected chi connectivity index (χ2v) is 5.04. The van der Waals surface area contributed by atoms with Crippen molar-refractivity contribution in [2.75, 3.05) is 5.32 Å². The van der Waals surface area contributed by atoms with Gasteiger partial charge in [0.05, 0.1) is 18.0 Å². The molecule has 0 aliphatic carbocycles. The molecule has 0 spiro atoms. The topological polar surface area (TPSA) is 34.4 Å². The molecular formula is C13H12BrNO2. The summed E-state index contributed by atoms with van der Waals surface area (Å²) in [5.74, 6) is 1.70. The van der Waals surface area contributed by atoms with E-state index in [1.165, 1.54) is 0 Å². The van der Waals surface area contributed by atoms with E-state index >= 15 is 0 Å². The molecular weight excluding hydrogens is 282 g/mol. The summed E-state index contributed by atoms with van der Waals surface area (Å²) in [4.78, 5) is 0. The van der Waals surface area contributed by atoms with Crippen molar-refractivity contribution < 1.29 is 9.15 Å². The zero-order chi connectivity index (χ0) is 11.8. The largest absolute Gasteiger partial charge is 0.478 e. The number of benzene rings is 1. The Balaban J connectivity index is 1.95. The summed E-state index contributed by atoms with van der Waals surface area (Å²) in [5.41, 5.74) is 1.01. The van der Waals surface area contributed by atoms with Crippen LogP contribution in [0.4, 0.5) is 5.69 Å². The molecule has 2 unspecified atom stereocenters. The molecule has 1 aromatic carbocycles. The minimum absolute atomic E-state index is 0.0846. The van der Waals surface area contributed by atoms with E-state index in [0.29, 0.717) is 0 Å². The summed E-state index contributed by atoms with van der Waals surface area (Å²) >= 11 is 3.45. The molecule has 3 nitrogen and oxygen atoms in total. The number of halogens is 1. The summed E-state index contributed by atoms with van der Waals surface area (Å²) in [7, 11) is 0. The summed E-state index contributed by atoms with van der Waals surface area (Å²) in [6, 6.07) is 9.92. The summed E-state index contributed by atoms with van der Waals surface area (Å²) in [5, 5.41) is 3.42. The SMILES string of the molecule is CC1Nc2cc(Br)ccc2OC1c1ccco1. The average Bonchev–Trinajstić information content (AvgIpc) is 2.81. The van der Waals surface area contributed by atoms with Gasteiger partial charge in [0.2, 0.25) is 0 Å². The van der Waals surface area contributed by atoms with E-state index in [2.05, 4.69) is 28.2 Å². The van der Waals surface area contributed by atoms with Crippen molar-refractivity contribution in [1.82, 2.24) is 0 Å². The van der Waals surface area contributed by atoms with Gasteiger partial charge in [-0.05, 0) is 37.3 Å². The highest BCUT2D eigenvalue weighted by molar-refractivity contribution is 9.10. The van der Waals surface area contributed by atoms with Gasteiger partial charge in [-0.15, -0.1) is 0 Å². The molecule has 0 saturated carbocycles. The maximum absolute atomic E-state index is 5.97. The lowest BCUT2D eigenvalue weighted by atomic mass is 10.1. The van der Waals surface area contributed by atoms with E-state index in [-0.39, 0.29) is 12.1 Å². The maximum Gasteiger partial charge on any atom is 0.176 e. The fraction of sp³-hybridized carbons (Fsp3) is 0.231. The highest BCUT2D eigenvalue weighted by atomic mass is 79.9. The molecule has 4 heteroatoms. The fourth-order valence-corrected chi connectivity index (χ4v) is 2.40. The first kappa shape index (κ1) is 10.7. The molecule has 0 fully saturated rings. The number of nitrogens with one attached hydrogen (secondary N) is 1. The van der Waals surface area contributed by atoms with E-state index in [9.17, 15) is 0 Å². The van der Waals surface area contributed by atoms with Crippen LogP contribution in [0.3, 0.4) is 0 Å². The third-order valence-electron chi connectivity index (χ3n) is 2.86. The van der Waals surface area contributed by atoms with Crippen molar-refractivity contribution >= 4 is 21.6 Å². The van der Waals surface area contributed by atoms with Gasteiger partial charge in [0, 0.05) is 4.47 Å². The molecule has 17 heavy (non-hydrogen) atoms. The van der Waals surface area contributed by atoms with Crippen LogP contribution >= 0.6 is 15.9 Å². The van der Waals surface area contributed by atoms with Crippen LogP contribution in [0.25, 0.3) is 0 Å². The summed E-state index contributed by atoms with van der Waals surface area (Å²) in [6.07, 6.45) is 1.58. The third-order valence-corrected chi connectivity index (χ3v) is 3.35. The molecule has 2 aromatic rings. The lowest BCUT2D eigenvalue weighted by molar-refractivity contribution is 0.151. The zero-order valence-corrected chi connectivity index (χ0v) is 10.9. The van der Waals surface area contributed by atoms with E-state index < -0.39 is 0 Å². The van der Waals surface area contributed by atoms with Gasteiger partial charge in [-0.2, -0.15) is 0 Å². The molecule has 1 aliphatic rings. The molecule has 1 aromatic heterocycles. The number of anilines is 1. The Morgan fingerprint density at radius 3 is 2.94 bits per heavy atom. The van der Waals surface area contributed by atoms with Crippen LogP contribution in [0.15, 0.2) is 45.5 Å². The van der Waals surface area contributed by atoms with E-state index in [0.717, 1.165) is 21.7 Å². The van der Waals surface area contributed by atoms with Crippen LogP contribution in [0.1, 0.15) is 18.8 Å². The highest BCUT2D eigenvalue weighted by Gasteiger charge is 2.29. The van der Waals surface area contributed by atoms with Crippen molar-refractivity contribution in [1.29, 1.82) is 0 Å².